The van der Waals surface area contributed by atoms with Gasteiger partial charge in [-0.2, -0.15) is 0 Å². The Labute approximate surface area is 106 Å². The predicted molar refractivity (Wildman–Crippen MR) is 71.5 cm³/mol. The highest BCUT2D eigenvalue weighted by atomic mass is 16.3. The molecule has 0 bridgehead atoms. The Morgan fingerprint density at radius 1 is 1.17 bits per heavy atom. The van der Waals surface area contributed by atoms with E-state index in [1.165, 1.54) is 5.56 Å². The standard InChI is InChI=1S/C15H17NO2/c1-2-13-9-12(11-17)6-7-14(13)10-16-8-4-3-5-15(16)18/h3-9,17H,2,10-11H2,1H3. The summed E-state index contributed by atoms with van der Waals surface area (Å²) in [4.78, 5) is 11.7. The minimum Gasteiger partial charge on any atom is -0.392 e. The monoisotopic (exact) mass is 243 g/mol. The molecule has 2 aromatic rings. The highest BCUT2D eigenvalue weighted by Crippen LogP contribution is 2.14. The SMILES string of the molecule is CCc1cc(CO)ccc1Cn1ccccc1=O. The predicted octanol–water partition coefficient (Wildman–Crippen LogP) is 1.95. The van der Waals surface area contributed by atoms with Gasteiger partial charge in [0.1, 0.15) is 0 Å². The molecule has 0 amide bonds. The second kappa shape index (κ2) is 5.65. The fourth-order valence-electron chi connectivity index (χ4n) is 2.04. The van der Waals surface area contributed by atoms with Crippen molar-refractivity contribution in [2.24, 2.45) is 0 Å². The fourth-order valence-corrected chi connectivity index (χ4v) is 2.04. The Kier molecular flexibility index (Phi) is 3.95. The fraction of sp³-hybridized carbons (Fsp3) is 0.267. The van der Waals surface area contributed by atoms with Gasteiger partial charge in [0.2, 0.25) is 0 Å². The van der Waals surface area contributed by atoms with Crippen LogP contribution < -0.4 is 5.56 Å². The summed E-state index contributed by atoms with van der Waals surface area (Å²) in [5, 5.41) is 9.13. The molecular formula is C15H17NO2. The maximum absolute atomic E-state index is 11.7. The van der Waals surface area contributed by atoms with Gasteiger partial charge in [0.15, 0.2) is 0 Å². The number of nitrogens with zero attached hydrogens (tertiary/aromatic N) is 1. The number of aromatic nitrogens is 1. The molecule has 1 aromatic heterocycles. The van der Waals surface area contributed by atoms with Crippen LogP contribution in [0.25, 0.3) is 0 Å². The van der Waals surface area contributed by atoms with E-state index in [1.54, 1.807) is 22.9 Å². The first-order valence-corrected chi connectivity index (χ1v) is 6.11. The lowest BCUT2D eigenvalue weighted by atomic mass is 10.0. The first-order valence-electron chi connectivity index (χ1n) is 6.11. The number of benzene rings is 1. The van der Waals surface area contributed by atoms with Gasteiger partial charge in [0.25, 0.3) is 5.56 Å². The number of pyridine rings is 1. The molecule has 0 unspecified atom stereocenters. The van der Waals surface area contributed by atoms with Crippen molar-refractivity contribution in [1.82, 2.24) is 4.57 Å². The Balaban J connectivity index is 2.35. The van der Waals surface area contributed by atoms with E-state index in [2.05, 4.69) is 6.92 Å². The molecule has 0 radical (unpaired) electrons. The quantitative estimate of drug-likeness (QED) is 0.891. The van der Waals surface area contributed by atoms with Crippen molar-refractivity contribution in [3.63, 3.8) is 0 Å². The first-order chi connectivity index (χ1) is 8.74. The summed E-state index contributed by atoms with van der Waals surface area (Å²) in [6.07, 6.45) is 2.69. The summed E-state index contributed by atoms with van der Waals surface area (Å²) in [7, 11) is 0. The van der Waals surface area contributed by atoms with Crippen LogP contribution in [0.2, 0.25) is 0 Å². The van der Waals surface area contributed by atoms with Crippen LogP contribution >= 0.6 is 0 Å². The van der Waals surface area contributed by atoms with Crippen molar-refractivity contribution in [2.45, 2.75) is 26.5 Å². The molecule has 0 fully saturated rings. The topological polar surface area (TPSA) is 42.2 Å². The maximum atomic E-state index is 11.7. The average Bonchev–Trinajstić information content (AvgIpc) is 2.41. The Morgan fingerprint density at radius 2 is 2.00 bits per heavy atom. The molecule has 0 saturated heterocycles. The Hall–Kier alpha value is -1.87. The van der Waals surface area contributed by atoms with Gasteiger partial charge in [-0.3, -0.25) is 4.79 Å². The number of aryl methyl sites for hydroxylation is 1. The zero-order valence-corrected chi connectivity index (χ0v) is 10.5. The van der Waals surface area contributed by atoms with Crippen LogP contribution in [0.4, 0.5) is 0 Å². The molecule has 0 atom stereocenters. The molecule has 3 heteroatoms. The van der Waals surface area contributed by atoms with Crippen molar-refractivity contribution in [3.05, 3.63) is 69.6 Å². The van der Waals surface area contributed by atoms with E-state index < -0.39 is 0 Å². The summed E-state index contributed by atoms with van der Waals surface area (Å²) in [6.45, 7) is 2.71. The summed E-state index contributed by atoms with van der Waals surface area (Å²) in [6, 6.07) is 11.1. The average molecular weight is 243 g/mol. The van der Waals surface area contributed by atoms with Crippen LogP contribution in [0.15, 0.2) is 47.4 Å². The third-order valence-corrected chi connectivity index (χ3v) is 3.07. The van der Waals surface area contributed by atoms with Gasteiger partial charge >= 0.3 is 0 Å². The van der Waals surface area contributed by atoms with Gasteiger partial charge < -0.3 is 9.67 Å². The minimum absolute atomic E-state index is 0.00536. The number of aliphatic hydroxyl groups is 1. The molecule has 2 rings (SSSR count). The molecule has 3 nitrogen and oxygen atoms in total. The largest absolute Gasteiger partial charge is 0.392 e. The molecule has 18 heavy (non-hydrogen) atoms. The van der Waals surface area contributed by atoms with Crippen LogP contribution in [0, 0.1) is 0 Å². The van der Waals surface area contributed by atoms with Crippen LogP contribution in [-0.2, 0) is 19.6 Å². The maximum Gasteiger partial charge on any atom is 0.250 e. The van der Waals surface area contributed by atoms with Crippen molar-refractivity contribution in [3.8, 4) is 0 Å². The smallest absolute Gasteiger partial charge is 0.250 e. The zero-order valence-electron chi connectivity index (χ0n) is 10.5. The number of aliphatic hydroxyl groups excluding tert-OH is 1. The molecule has 0 saturated carbocycles. The van der Waals surface area contributed by atoms with Crippen LogP contribution in [-0.4, -0.2) is 9.67 Å². The van der Waals surface area contributed by atoms with E-state index in [4.69, 9.17) is 5.11 Å². The third-order valence-electron chi connectivity index (χ3n) is 3.07. The zero-order chi connectivity index (χ0) is 13.0. The van der Waals surface area contributed by atoms with E-state index in [1.807, 2.05) is 24.3 Å². The number of hydrogen-bond donors (Lipinski definition) is 1. The molecular weight excluding hydrogens is 226 g/mol. The highest BCUT2D eigenvalue weighted by molar-refractivity contribution is 5.32. The third kappa shape index (κ3) is 2.68. The van der Waals surface area contributed by atoms with Crippen LogP contribution in [0.3, 0.4) is 0 Å². The van der Waals surface area contributed by atoms with Crippen molar-refractivity contribution in [1.29, 1.82) is 0 Å². The lowest BCUT2D eigenvalue weighted by molar-refractivity contribution is 0.281. The lowest BCUT2D eigenvalue weighted by Gasteiger charge is -2.11. The summed E-state index contributed by atoms with van der Waals surface area (Å²) >= 11 is 0. The van der Waals surface area contributed by atoms with Gasteiger partial charge in [0.05, 0.1) is 13.2 Å². The van der Waals surface area contributed by atoms with Gasteiger partial charge in [-0.05, 0) is 29.2 Å². The van der Waals surface area contributed by atoms with E-state index in [0.717, 1.165) is 17.5 Å². The summed E-state index contributed by atoms with van der Waals surface area (Å²) < 4.78 is 1.69. The van der Waals surface area contributed by atoms with Crippen molar-refractivity contribution < 1.29 is 5.11 Å². The van der Waals surface area contributed by atoms with E-state index in [0.29, 0.717) is 6.54 Å². The second-order valence-electron chi connectivity index (χ2n) is 4.28. The van der Waals surface area contributed by atoms with E-state index in [9.17, 15) is 4.79 Å². The first kappa shape index (κ1) is 12.6. The van der Waals surface area contributed by atoms with E-state index in [-0.39, 0.29) is 12.2 Å². The molecule has 0 spiro atoms. The van der Waals surface area contributed by atoms with E-state index >= 15 is 0 Å². The van der Waals surface area contributed by atoms with Gasteiger partial charge in [-0.15, -0.1) is 0 Å². The molecule has 1 aromatic carbocycles. The van der Waals surface area contributed by atoms with Gasteiger partial charge in [-0.25, -0.2) is 0 Å². The van der Waals surface area contributed by atoms with Gasteiger partial charge in [0, 0.05) is 12.3 Å². The van der Waals surface area contributed by atoms with Gasteiger partial charge in [-0.1, -0.05) is 31.2 Å². The number of hydrogen-bond acceptors (Lipinski definition) is 2. The second-order valence-corrected chi connectivity index (χ2v) is 4.28. The van der Waals surface area contributed by atoms with Crippen LogP contribution in [0.5, 0.6) is 0 Å². The molecule has 1 N–H and O–H groups in total. The highest BCUT2D eigenvalue weighted by Gasteiger charge is 2.04. The van der Waals surface area contributed by atoms with Crippen LogP contribution in [0.1, 0.15) is 23.6 Å². The minimum atomic E-state index is 0.00536. The molecule has 0 aliphatic carbocycles. The summed E-state index contributed by atoms with van der Waals surface area (Å²) in [5.41, 5.74) is 3.22. The molecule has 0 aliphatic rings. The summed E-state index contributed by atoms with van der Waals surface area (Å²) in [5.74, 6) is 0. The molecule has 1 heterocycles. The Bertz CT molecular complexity index is 587. The molecule has 0 aliphatic heterocycles. The van der Waals surface area contributed by atoms with Crippen molar-refractivity contribution in [2.75, 3.05) is 0 Å². The van der Waals surface area contributed by atoms with Crippen molar-refractivity contribution >= 4 is 0 Å². The normalized spacial score (nSPS) is 10.6. The number of rotatable bonds is 4. The molecule has 94 valence electrons. The lowest BCUT2D eigenvalue weighted by Crippen LogP contribution is -2.19. The Morgan fingerprint density at radius 3 is 2.67 bits per heavy atom.